The van der Waals surface area contributed by atoms with Gasteiger partial charge >= 0.3 is 0 Å². The Labute approximate surface area is 145 Å². The maximum Gasteiger partial charge on any atom is 0.176 e. The Morgan fingerprint density at radius 3 is 3.00 bits per heavy atom. The van der Waals surface area contributed by atoms with E-state index in [1.807, 2.05) is 0 Å². The molecule has 0 bridgehead atoms. The van der Waals surface area contributed by atoms with Crippen molar-refractivity contribution in [2.45, 2.75) is 24.3 Å². The molecule has 2 heterocycles. The van der Waals surface area contributed by atoms with Crippen LogP contribution in [0.4, 0.5) is 8.78 Å². The van der Waals surface area contributed by atoms with Crippen molar-refractivity contribution in [2.75, 3.05) is 5.75 Å². The predicted octanol–water partition coefficient (Wildman–Crippen LogP) is 4.43. The second-order valence-electron chi connectivity index (χ2n) is 5.55. The highest BCUT2D eigenvalue weighted by Gasteiger charge is 2.22. The number of ketones is 1. The summed E-state index contributed by atoms with van der Waals surface area (Å²) in [6.07, 6.45) is 4.68. The molecule has 24 heavy (non-hydrogen) atoms. The first-order valence-corrected chi connectivity index (χ1v) is 9.30. The van der Waals surface area contributed by atoms with Gasteiger partial charge in [0, 0.05) is 10.3 Å². The molecule has 2 aromatic heterocycles. The summed E-state index contributed by atoms with van der Waals surface area (Å²) in [6, 6.07) is 2.92. The number of hydrogen-bond donors (Lipinski definition) is 0. The van der Waals surface area contributed by atoms with Gasteiger partial charge in [-0.1, -0.05) is 11.8 Å². The zero-order valence-electron chi connectivity index (χ0n) is 12.5. The molecule has 3 aromatic rings. The Balaban J connectivity index is 1.61. The van der Waals surface area contributed by atoms with Crippen LogP contribution in [-0.4, -0.2) is 21.5 Å². The van der Waals surface area contributed by atoms with Crippen LogP contribution in [0.15, 0.2) is 29.6 Å². The zero-order chi connectivity index (χ0) is 16.7. The third-order valence-electron chi connectivity index (χ3n) is 4.04. The smallest absolute Gasteiger partial charge is 0.176 e. The molecule has 0 N–H and O–H groups in total. The summed E-state index contributed by atoms with van der Waals surface area (Å²) in [5.74, 6) is -1.76. The number of carbonyl (C=O) groups is 1. The Bertz CT molecular complexity index is 955. The van der Waals surface area contributed by atoms with Gasteiger partial charge in [0.2, 0.25) is 0 Å². The van der Waals surface area contributed by atoms with Crippen molar-refractivity contribution in [2.24, 2.45) is 0 Å². The van der Waals surface area contributed by atoms with Crippen molar-refractivity contribution < 1.29 is 13.6 Å². The summed E-state index contributed by atoms with van der Waals surface area (Å²) in [4.78, 5) is 23.1. The number of thioether (sulfide) groups is 1. The fourth-order valence-corrected chi connectivity index (χ4v) is 5.13. The van der Waals surface area contributed by atoms with Crippen molar-refractivity contribution in [1.29, 1.82) is 0 Å². The monoisotopic (exact) mass is 362 g/mol. The number of benzene rings is 1. The summed E-state index contributed by atoms with van der Waals surface area (Å²) in [5, 5.41) is 1.76. The molecule has 122 valence electrons. The fourth-order valence-electron chi connectivity index (χ4n) is 2.93. The number of Topliss-reactive ketones (excluding diaryl/α,β-unsaturated/α-hetero) is 1. The van der Waals surface area contributed by atoms with Gasteiger partial charge in [0.25, 0.3) is 0 Å². The number of aryl methyl sites for hydroxylation is 2. The predicted molar refractivity (Wildman–Crippen MR) is 90.9 cm³/mol. The maximum absolute atomic E-state index is 13.7. The molecular weight excluding hydrogens is 350 g/mol. The van der Waals surface area contributed by atoms with Gasteiger partial charge < -0.3 is 0 Å². The van der Waals surface area contributed by atoms with Crippen LogP contribution in [0, 0.1) is 11.6 Å². The van der Waals surface area contributed by atoms with Crippen molar-refractivity contribution in [3.05, 3.63) is 52.2 Å². The average molecular weight is 362 g/mol. The number of nitrogens with zero attached hydrogens (tertiary/aromatic N) is 2. The standard InChI is InChI=1S/C17H12F2N2OS2/c18-9-4-5-12(19)11(6-9)13(22)7-23-16-15-10-2-1-3-14(10)24-17(15)21-8-20-16/h4-6,8H,1-3,7H2. The molecule has 4 rings (SSSR count). The van der Waals surface area contributed by atoms with E-state index in [9.17, 15) is 13.6 Å². The van der Waals surface area contributed by atoms with Crippen LogP contribution in [0.1, 0.15) is 27.2 Å². The van der Waals surface area contributed by atoms with Crippen molar-refractivity contribution in [1.82, 2.24) is 9.97 Å². The lowest BCUT2D eigenvalue weighted by Crippen LogP contribution is -2.06. The van der Waals surface area contributed by atoms with Gasteiger partial charge in [-0.15, -0.1) is 11.3 Å². The lowest BCUT2D eigenvalue weighted by atomic mass is 10.1. The van der Waals surface area contributed by atoms with Gasteiger partial charge in [0.05, 0.1) is 11.3 Å². The molecule has 3 nitrogen and oxygen atoms in total. The molecule has 0 atom stereocenters. The topological polar surface area (TPSA) is 42.9 Å². The first kappa shape index (κ1) is 15.7. The van der Waals surface area contributed by atoms with E-state index in [1.165, 1.54) is 28.5 Å². The van der Waals surface area contributed by atoms with Gasteiger partial charge in [-0.25, -0.2) is 18.7 Å². The third-order valence-corrected chi connectivity index (χ3v) is 6.22. The van der Waals surface area contributed by atoms with Gasteiger partial charge in [0.1, 0.15) is 27.8 Å². The molecule has 1 aliphatic carbocycles. The van der Waals surface area contributed by atoms with Gasteiger partial charge in [0.15, 0.2) is 5.78 Å². The van der Waals surface area contributed by atoms with Crippen LogP contribution in [0.5, 0.6) is 0 Å². The molecule has 1 aliphatic rings. The lowest BCUT2D eigenvalue weighted by Gasteiger charge is -2.05. The maximum atomic E-state index is 13.7. The van der Waals surface area contributed by atoms with Crippen LogP contribution in [0.3, 0.4) is 0 Å². The molecule has 0 aliphatic heterocycles. The zero-order valence-corrected chi connectivity index (χ0v) is 14.1. The average Bonchev–Trinajstić information content (AvgIpc) is 3.15. The Hall–Kier alpha value is -1.86. The molecule has 7 heteroatoms. The van der Waals surface area contributed by atoms with Gasteiger partial charge in [-0.3, -0.25) is 4.79 Å². The molecule has 1 aromatic carbocycles. The van der Waals surface area contributed by atoms with Crippen molar-refractivity contribution in [3.63, 3.8) is 0 Å². The Morgan fingerprint density at radius 2 is 2.12 bits per heavy atom. The van der Waals surface area contributed by atoms with E-state index in [4.69, 9.17) is 0 Å². The summed E-state index contributed by atoms with van der Waals surface area (Å²) in [5.41, 5.74) is 1.06. The van der Waals surface area contributed by atoms with E-state index in [0.29, 0.717) is 0 Å². The summed E-state index contributed by atoms with van der Waals surface area (Å²) >= 11 is 2.93. The minimum atomic E-state index is -0.703. The highest BCUT2D eigenvalue weighted by molar-refractivity contribution is 8.00. The molecule has 0 spiro atoms. The van der Waals surface area contributed by atoms with Crippen LogP contribution >= 0.6 is 23.1 Å². The molecule has 0 saturated heterocycles. The molecule has 0 fully saturated rings. The first-order chi connectivity index (χ1) is 11.6. The van der Waals surface area contributed by atoms with Crippen molar-refractivity contribution in [3.8, 4) is 0 Å². The van der Waals surface area contributed by atoms with E-state index < -0.39 is 17.4 Å². The largest absolute Gasteiger partial charge is 0.293 e. The molecule has 0 unspecified atom stereocenters. The van der Waals surface area contributed by atoms with E-state index in [2.05, 4.69) is 9.97 Å². The number of carbonyl (C=O) groups excluding carboxylic acids is 1. The number of fused-ring (bicyclic) bond motifs is 3. The van der Waals surface area contributed by atoms with E-state index >= 15 is 0 Å². The molecule has 0 radical (unpaired) electrons. The van der Waals surface area contributed by atoms with Crippen LogP contribution in [-0.2, 0) is 12.8 Å². The number of rotatable bonds is 4. The minimum absolute atomic E-state index is 0.0110. The van der Waals surface area contributed by atoms with E-state index in [-0.39, 0.29) is 11.3 Å². The van der Waals surface area contributed by atoms with Crippen LogP contribution in [0.25, 0.3) is 10.2 Å². The first-order valence-electron chi connectivity index (χ1n) is 7.50. The second-order valence-corrected chi connectivity index (χ2v) is 7.60. The van der Waals surface area contributed by atoms with E-state index in [0.717, 1.165) is 52.7 Å². The van der Waals surface area contributed by atoms with Crippen LogP contribution < -0.4 is 0 Å². The Kier molecular flexibility index (Phi) is 4.05. The van der Waals surface area contributed by atoms with Crippen molar-refractivity contribution >= 4 is 39.1 Å². The number of halogens is 2. The van der Waals surface area contributed by atoms with Crippen LogP contribution in [0.2, 0.25) is 0 Å². The highest BCUT2D eigenvalue weighted by Crippen LogP contribution is 2.40. The number of hydrogen-bond acceptors (Lipinski definition) is 5. The lowest BCUT2D eigenvalue weighted by molar-refractivity contribution is 0.101. The Morgan fingerprint density at radius 1 is 1.25 bits per heavy atom. The third kappa shape index (κ3) is 2.71. The molecule has 0 saturated carbocycles. The number of thiophene rings is 1. The SMILES string of the molecule is O=C(CSc1ncnc2sc3c(c12)CCC3)c1cc(F)ccc1F. The summed E-state index contributed by atoms with van der Waals surface area (Å²) < 4.78 is 27.0. The number of aromatic nitrogens is 2. The highest BCUT2D eigenvalue weighted by atomic mass is 32.2. The fraction of sp³-hybridized carbons (Fsp3) is 0.235. The second kappa shape index (κ2) is 6.22. The summed E-state index contributed by atoms with van der Waals surface area (Å²) in [6.45, 7) is 0. The quantitative estimate of drug-likeness (QED) is 0.391. The van der Waals surface area contributed by atoms with E-state index in [1.54, 1.807) is 11.3 Å². The van der Waals surface area contributed by atoms with Gasteiger partial charge in [-0.2, -0.15) is 0 Å². The summed E-state index contributed by atoms with van der Waals surface area (Å²) in [7, 11) is 0. The minimum Gasteiger partial charge on any atom is -0.293 e. The normalized spacial score (nSPS) is 13.4. The van der Waals surface area contributed by atoms with Gasteiger partial charge in [-0.05, 0) is 43.0 Å². The molecule has 0 amide bonds. The molecular formula is C17H12F2N2OS2.